The lowest BCUT2D eigenvalue weighted by Crippen LogP contribution is -2.25. The third-order valence-corrected chi connectivity index (χ3v) is 2.78. The van der Waals surface area contributed by atoms with Crippen LogP contribution in [0.5, 0.6) is 0 Å². The average Bonchev–Trinajstić information content (AvgIpc) is 2.46. The first-order chi connectivity index (χ1) is 9.66. The molecule has 1 amide bonds. The second-order valence-corrected chi connectivity index (χ2v) is 4.35. The average molecular weight is 273 g/mol. The Bertz CT molecular complexity index is 628. The first-order valence-corrected chi connectivity index (χ1v) is 6.38. The highest BCUT2D eigenvalue weighted by atomic mass is 16.4. The van der Waals surface area contributed by atoms with Crippen LogP contribution >= 0.6 is 0 Å². The number of aliphatic carboxylic acids is 1. The highest BCUT2D eigenvalue weighted by Gasteiger charge is 2.08. The molecule has 0 saturated carbocycles. The lowest BCUT2D eigenvalue weighted by molar-refractivity contribution is -0.137. The summed E-state index contributed by atoms with van der Waals surface area (Å²) in [4.78, 5) is 30.6. The zero-order valence-electron chi connectivity index (χ0n) is 10.9. The summed E-state index contributed by atoms with van der Waals surface area (Å²) in [6.45, 7) is 0.431. The molecule has 6 nitrogen and oxygen atoms in total. The number of amides is 1. The number of nitrogens with one attached hydrogen (secondary N) is 1. The van der Waals surface area contributed by atoms with E-state index in [0.717, 1.165) is 5.52 Å². The number of carboxylic acid groups (broad SMARTS) is 1. The minimum Gasteiger partial charge on any atom is -0.481 e. The standard InChI is InChI=1S/C14H15N3O3/c18-13(19)7-3-4-8-15-14(20)12-9-16-10-5-1-2-6-11(10)17-12/h1-2,5-6,9H,3-4,7-8H2,(H,15,20)(H,18,19). The van der Waals surface area contributed by atoms with Crippen LogP contribution in [0.4, 0.5) is 0 Å². The summed E-state index contributed by atoms with van der Waals surface area (Å²) in [6, 6.07) is 7.33. The van der Waals surface area contributed by atoms with Crippen LogP contribution in [-0.4, -0.2) is 33.5 Å². The number of carboxylic acids is 1. The Kier molecular flexibility index (Phi) is 4.60. The number of carbonyl (C=O) groups is 2. The van der Waals surface area contributed by atoms with Gasteiger partial charge in [-0.3, -0.25) is 14.6 Å². The number of hydrogen-bond donors (Lipinski definition) is 2. The second-order valence-electron chi connectivity index (χ2n) is 4.35. The summed E-state index contributed by atoms with van der Waals surface area (Å²) in [6.07, 6.45) is 2.72. The van der Waals surface area contributed by atoms with Gasteiger partial charge in [0.2, 0.25) is 0 Å². The third-order valence-electron chi connectivity index (χ3n) is 2.78. The largest absolute Gasteiger partial charge is 0.481 e. The molecule has 0 atom stereocenters. The Balaban J connectivity index is 1.89. The molecule has 0 bridgehead atoms. The number of para-hydroxylation sites is 2. The number of hydrogen-bond acceptors (Lipinski definition) is 4. The van der Waals surface area contributed by atoms with E-state index in [1.807, 2.05) is 18.2 Å². The van der Waals surface area contributed by atoms with Crippen molar-refractivity contribution < 1.29 is 14.7 Å². The van der Waals surface area contributed by atoms with E-state index in [1.54, 1.807) is 6.07 Å². The minimum absolute atomic E-state index is 0.117. The molecule has 1 aromatic heterocycles. The molecule has 0 aliphatic carbocycles. The SMILES string of the molecule is O=C(O)CCCCNC(=O)c1cnc2ccccc2n1. The highest BCUT2D eigenvalue weighted by molar-refractivity contribution is 5.93. The number of unbranched alkanes of at least 4 members (excludes halogenated alkanes) is 1. The summed E-state index contributed by atoms with van der Waals surface area (Å²) in [5.74, 6) is -1.12. The first kappa shape index (κ1) is 13.9. The molecule has 1 heterocycles. The molecule has 2 aromatic rings. The van der Waals surface area contributed by atoms with Crippen LogP contribution < -0.4 is 5.32 Å². The number of nitrogens with zero attached hydrogens (tertiary/aromatic N) is 2. The van der Waals surface area contributed by atoms with E-state index in [2.05, 4.69) is 15.3 Å². The van der Waals surface area contributed by atoms with Gasteiger partial charge in [0, 0.05) is 13.0 Å². The van der Waals surface area contributed by atoms with Crippen LogP contribution in [0.25, 0.3) is 11.0 Å². The highest BCUT2D eigenvalue weighted by Crippen LogP contribution is 2.08. The summed E-state index contributed by atoms with van der Waals surface area (Å²) in [5.41, 5.74) is 1.68. The van der Waals surface area contributed by atoms with Crippen molar-refractivity contribution in [3.8, 4) is 0 Å². The molecule has 2 N–H and O–H groups in total. The van der Waals surface area contributed by atoms with Crippen molar-refractivity contribution in [2.24, 2.45) is 0 Å². The van der Waals surface area contributed by atoms with Crippen LogP contribution in [0.3, 0.4) is 0 Å². The Morgan fingerprint density at radius 3 is 2.65 bits per heavy atom. The zero-order chi connectivity index (χ0) is 14.4. The van der Waals surface area contributed by atoms with Gasteiger partial charge in [0.15, 0.2) is 0 Å². The number of benzene rings is 1. The molecule has 0 fully saturated rings. The van der Waals surface area contributed by atoms with Crippen molar-refractivity contribution in [3.05, 3.63) is 36.2 Å². The molecule has 20 heavy (non-hydrogen) atoms. The summed E-state index contributed by atoms with van der Waals surface area (Å²) >= 11 is 0. The van der Waals surface area contributed by atoms with Gasteiger partial charge in [-0.25, -0.2) is 4.98 Å². The van der Waals surface area contributed by atoms with Gasteiger partial charge in [-0.05, 0) is 25.0 Å². The molecule has 1 aromatic carbocycles. The number of carbonyl (C=O) groups excluding carboxylic acids is 1. The van der Waals surface area contributed by atoms with Gasteiger partial charge in [0.1, 0.15) is 5.69 Å². The lowest BCUT2D eigenvalue weighted by atomic mass is 10.2. The molecule has 0 unspecified atom stereocenters. The lowest BCUT2D eigenvalue weighted by Gasteiger charge is -2.04. The van der Waals surface area contributed by atoms with Crippen molar-refractivity contribution in [1.29, 1.82) is 0 Å². The quantitative estimate of drug-likeness (QED) is 0.780. The Morgan fingerprint density at radius 1 is 1.15 bits per heavy atom. The molecule has 104 valence electrons. The number of rotatable bonds is 6. The fourth-order valence-corrected chi connectivity index (χ4v) is 1.76. The molecular weight excluding hydrogens is 258 g/mol. The van der Waals surface area contributed by atoms with Gasteiger partial charge < -0.3 is 10.4 Å². The molecule has 0 radical (unpaired) electrons. The van der Waals surface area contributed by atoms with E-state index in [4.69, 9.17) is 5.11 Å². The summed E-state index contributed by atoms with van der Waals surface area (Å²) in [7, 11) is 0. The zero-order valence-corrected chi connectivity index (χ0v) is 10.9. The summed E-state index contributed by atoms with van der Waals surface area (Å²) < 4.78 is 0. The Hall–Kier alpha value is -2.50. The maximum atomic E-state index is 11.9. The second kappa shape index (κ2) is 6.60. The van der Waals surface area contributed by atoms with E-state index in [1.165, 1.54) is 6.20 Å². The van der Waals surface area contributed by atoms with Gasteiger partial charge in [0.25, 0.3) is 5.91 Å². The molecule has 0 spiro atoms. The predicted molar refractivity (Wildman–Crippen MR) is 73.4 cm³/mol. The Morgan fingerprint density at radius 2 is 1.90 bits per heavy atom. The van der Waals surface area contributed by atoms with Crippen molar-refractivity contribution in [2.45, 2.75) is 19.3 Å². The fourth-order valence-electron chi connectivity index (χ4n) is 1.76. The molecule has 2 rings (SSSR count). The van der Waals surface area contributed by atoms with Gasteiger partial charge in [-0.15, -0.1) is 0 Å². The normalized spacial score (nSPS) is 10.4. The maximum absolute atomic E-state index is 11.9. The van der Waals surface area contributed by atoms with Gasteiger partial charge >= 0.3 is 5.97 Å². The van der Waals surface area contributed by atoms with Crippen LogP contribution in [-0.2, 0) is 4.79 Å². The predicted octanol–water partition coefficient (Wildman–Crippen LogP) is 1.61. The third kappa shape index (κ3) is 3.74. The van der Waals surface area contributed by atoms with Gasteiger partial charge in [0.05, 0.1) is 17.2 Å². The van der Waals surface area contributed by atoms with E-state index >= 15 is 0 Å². The van der Waals surface area contributed by atoms with Crippen molar-refractivity contribution in [1.82, 2.24) is 15.3 Å². The van der Waals surface area contributed by atoms with Crippen LogP contribution in [0.1, 0.15) is 29.8 Å². The fraction of sp³-hybridized carbons (Fsp3) is 0.286. The van der Waals surface area contributed by atoms with E-state index in [-0.39, 0.29) is 18.0 Å². The number of aromatic nitrogens is 2. The molecule has 0 aliphatic rings. The van der Waals surface area contributed by atoms with Crippen LogP contribution in [0, 0.1) is 0 Å². The smallest absolute Gasteiger partial charge is 0.303 e. The van der Waals surface area contributed by atoms with E-state index < -0.39 is 5.97 Å². The first-order valence-electron chi connectivity index (χ1n) is 6.38. The number of fused-ring (bicyclic) bond motifs is 1. The van der Waals surface area contributed by atoms with E-state index in [0.29, 0.717) is 24.9 Å². The topological polar surface area (TPSA) is 92.2 Å². The van der Waals surface area contributed by atoms with Crippen molar-refractivity contribution in [2.75, 3.05) is 6.54 Å². The minimum atomic E-state index is -0.822. The molecular formula is C14H15N3O3. The monoisotopic (exact) mass is 273 g/mol. The van der Waals surface area contributed by atoms with Crippen LogP contribution in [0.2, 0.25) is 0 Å². The Labute approximate surface area is 115 Å². The molecule has 0 aliphatic heterocycles. The van der Waals surface area contributed by atoms with Gasteiger partial charge in [-0.1, -0.05) is 12.1 Å². The van der Waals surface area contributed by atoms with Crippen molar-refractivity contribution in [3.63, 3.8) is 0 Å². The van der Waals surface area contributed by atoms with Gasteiger partial charge in [-0.2, -0.15) is 0 Å². The van der Waals surface area contributed by atoms with Crippen molar-refractivity contribution >= 4 is 22.9 Å². The maximum Gasteiger partial charge on any atom is 0.303 e. The van der Waals surface area contributed by atoms with E-state index in [9.17, 15) is 9.59 Å². The van der Waals surface area contributed by atoms with Crippen LogP contribution in [0.15, 0.2) is 30.5 Å². The molecule has 6 heteroatoms. The molecule has 0 saturated heterocycles. The summed E-state index contributed by atoms with van der Waals surface area (Å²) in [5, 5.41) is 11.2.